The van der Waals surface area contributed by atoms with Gasteiger partial charge in [-0.1, -0.05) is 45.0 Å². The molecule has 0 unspecified atom stereocenters. The van der Waals surface area contributed by atoms with Gasteiger partial charge in [0.1, 0.15) is 29.6 Å². The van der Waals surface area contributed by atoms with Crippen molar-refractivity contribution in [1.82, 2.24) is 19.6 Å². The fraction of sp³-hybridized carbons (Fsp3) is 0.500. The average Bonchev–Trinajstić information content (AvgIpc) is 3.96. The molecule has 1 spiro atoms. The van der Waals surface area contributed by atoms with E-state index in [9.17, 15) is 32.8 Å². The minimum Gasteiger partial charge on any atom is -0.489 e. The normalized spacial score (nSPS) is 23.9. The number of aliphatic hydroxyl groups is 1. The van der Waals surface area contributed by atoms with Crippen LogP contribution in [-0.2, 0) is 16.4 Å². The van der Waals surface area contributed by atoms with Crippen LogP contribution in [0.4, 0.5) is 21.5 Å². The molecule has 5 heterocycles. The van der Waals surface area contributed by atoms with Crippen LogP contribution in [0, 0.1) is 27.3 Å². The number of likely N-dealkylation sites (tertiary alicyclic amines) is 1. The van der Waals surface area contributed by atoms with Gasteiger partial charge in [0.2, 0.25) is 0 Å². The van der Waals surface area contributed by atoms with Crippen molar-refractivity contribution in [3.63, 3.8) is 0 Å². The second-order valence-electron chi connectivity index (χ2n) is 20.7. The number of fused-ring (bicyclic) bond motifs is 2. The van der Waals surface area contributed by atoms with Crippen LogP contribution in [-0.4, -0.2) is 83.1 Å². The highest BCUT2D eigenvalue weighted by Crippen LogP contribution is 2.54. The summed E-state index contributed by atoms with van der Waals surface area (Å²) in [5, 5.41) is 26.3. The van der Waals surface area contributed by atoms with Gasteiger partial charge in [0.15, 0.2) is 11.4 Å². The Bertz CT molecular complexity index is 2900. The summed E-state index contributed by atoms with van der Waals surface area (Å²) in [5.41, 5.74) is 3.46. The maximum absolute atomic E-state index is 14.9. The zero-order valence-electron chi connectivity index (χ0n) is 39.7. The largest absolute Gasteiger partial charge is 0.489 e. The van der Waals surface area contributed by atoms with Crippen molar-refractivity contribution in [2.45, 2.75) is 133 Å². The van der Waals surface area contributed by atoms with E-state index in [0.29, 0.717) is 61.4 Å². The van der Waals surface area contributed by atoms with Crippen LogP contribution in [0.15, 0.2) is 71.8 Å². The molecule has 10 rings (SSSR count). The number of carbonyl (C=O) groups excluding carboxylic acids is 1. The number of hydrogen-bond acceptors (Lipinski definition) is 12. The lowest BCUT2D eigenvalue weighted by molar-refractivity contribution is -0.384. The number of benzene rings is 3. The number of halogens is 1. The quantitative estimate of drug-likeness (QED) is 0.0685. The van der Waals surface area contributed by atoms with Crippen molar-refractivity contribution < 1.29 is 37.1 Å². The Kier molecular flexibility index (Phi) is 12.4. The molecule has 3 aromatic carbocycles. The number of nitro benzene ring substituents is 1. The summed E-state index contributed by atoms with van der Waals surface area (Å²) in [6, 6.07) is 18.3. The number of ether oxygens (including phenoxy) is 2. The summed E-state index contributed by atoms with van der Waals surface area (Å²) < 4.78 is 57.6. The molecule has 3 aliphatic heterocycles. The molecule has 5 aliphatic rings. The smallest absolute Gasteiger partial charge is 0.297 e. The number of aromatic amines is 1. The molecule has 2 saturated carbocycles. The number of rotatable bonds is 12. The van der Waals surface area contributed by atoms with Gasteiger partial charge in [-0.3, -0.25) is 19.8 Å². The van der Waals surface area contributed by atoms with Gasteiger partial charge in [0, 0.05) is 55.3 Å². The van der Waals surface area contributed by atoms with Crippen molar-refractivity contribution in [3.05, 3.63) is 105 Å². The minimum atomic E-state index is -4.72. The van der Waals surface area contributed by atoms with Gasteiger partial charge in [-0.15, -0.1) is 0 Å². The zero-order chi connectivity index (χ0) is 48.4. The highest BCUT2D eigenvalue weighted by atomic mass is 32.2. The third-order valence-corrected chi connectivity index (χ3v) is 17.2. The number of aryl methyl sites for hydroxylation is 1. The van der Waals surface area contributed by atoms with E-state index in [1.807, 2.05) is 6.92 Å². The van der Waals surface area contributed by atoms with Gasteiger partial charge in [0.25, 0.3) is 21.6 Å². The average molecular weight is 964 g/mol. The first-order valence-electron chi connectivity index (χ1n) is 24.6. The van der Waals surface area contributed by atoms with Gasteiger partial charge in [-0.05, 0) is 131 Å². The van der Waals surface area contributed by atoms with Gasteiger partial charge < -0.3 is 29.8 Å². The van der Waals surface area contributed by atoms with E-state index in [2.05, 4.69) is 67.9 Å². The highest BCUT2D eigenvalue weighted by Gasteiger charge is 2.50. The molecule has 0 radical (unpaired) electrons. The van der Waals surface area contributed by atoms with Gasteiger partial charge >= 0.3 is 0 Å². The first kappa shape index (κ1) is 46.9. The van der Waals surface area contributed by atoms with E-state index in [1.54, 1.807) is 19.1 Å². The van der Waals surface area contributed by atoms with E-state index >= 15 is 0 Å². The highest BCUT2D eigenvalue weighted by molar-refractivity contribution is 7.90. The predicted molar refractivity (Wildman–Crippen MR) is 261 cm³/mol. The number of aromatic nitrogens is 2. The molecule has 5 aromatic rings. The number of nitro groups is 1. The molecule has 69 heavy (non-hydrogen) atoms. The van der Waals surface area contributed by atoms with E-state index in [4.69, 9.17) is 9.47 Å². The number of anilines is 2. The standard InChI is InChI=1S/C52H62FN7O8S/c1-5-41-46(26-39-40(53)29-54-49(39)56-41)68-45-23-33(58-21-18-52(19-22-58)27-34(28-52)59-20-8-11-43(59)37-10-7-6-9-36(37)31(2)3)12-13-38(45)50(61)57-69(65,66)35-24-44(60(63)64)48-47(25-35)67-30-42(55-48)32-14-16-51(4,62)17-15-32/h6-7,9-10,12-13,23-26,29,31-32,34,42-43,55,62H,5,8,11,14-22,27-28,30H2,1-4H3,(H,54,56)(H,57,61)/t32-,42-,43-,51-/m1/s1. The number of carbonyl (C=O) groups is 1. The number of piperidine rings is 1. The Labute approximate surface area is 402 Å². The third-order valence-electron chi connectivity index (χ3n) is 15.9. The van der Waals surface area contributed by atoms with Crippen LogP contribution in [0.5, 0.6) is 17.2 Å². The van der Waals surface area contributed by atoms with Crippen molar-refractivity contribution in [2.24, 2.45) is 11.3 Å². The van der Waals surface area contributed by atoms with Crippen LogP contribution in [0.2, 0.25) is 0 Å². The van der Waals surface area contributed by atoms with Crippen molar-refractivity contribution in [2.75, 3.05) is 36.5 Å². The van der Waals surface area contributed by atoms with Crippen LogP contribution in [0.1, 0.15) is 131 Å². The number of nitrogens with one attached hydrogen (secondary N) is 3. The summed E-state index contributed by atoms with van der Waals surface area (Å²) in [6.07, 6.45) is 10.9. The second kappa shape index (κ2) is 18.2. The number of hydrogen-bond donors (Lipinski definition) is 4. The maximum atomic E-state index is 14.9. The second-order valence-corrected chi connectivity index (χ2v) is 22.4. The van der Waals surface area contributed by atoms with Crippen molar-refractivity contribution in [1.29, 1.82) is 0 Å². The predicted octanol–water partition coefficient (Wildman–Crippen LogP) is 9.91. The molecule has 1 amide bonds. The van der Waals surface area contributed by atoms with Gasteiger partial charge in [-0.25, -0.2) is 22.5 Å². The Morgan fingerprint density at radius 2 is 1.80 bits per heavy atom. The Morgan fingerprint density at radius 3 is 2.52 bits per heavy atom. The minimum absolute atomic E-state index is 0.0233. The summed E-state index contributed by atoms with van der Waals surface area (Å²) in [4.78, 5) is 37.9. The SMILES string of the molecule is CCc1nc2[nH]cc(F)c2cc1Oc1cc(N2CCC3(CC2)CC(N2CCC[C@@H]2c2ccccc2C(C)C)C3)ccc1C(=O)NS(=O)(=O)c1cc2c(c([N+](=O)[O-])c1)N[C@@H]([C@H]1CC[C@](C)(O)CC1)CO2. The molecule has 2 atom stereocenters. The molecule has 2 aromatic heterocycles. The molecular weight excluding hydrogens is 902 g/mol. The van der Waals surface area contributed by atoms with Crippen LogP contribution >= 0.6 is 0 Å². The zero-order valence-corrected chi connectivity index (χ0v) is 40.5. The topological polar surface area (TPSA) is 192 Å². The first-order valence-corrected chi connectivity index (χ1v) is 26.1. The number of nitrogens with zero attached hydrogens (tertiary/aromatic N) is 4. The van der Waals surface area contributed by atoms with Crippen molar-refractivity contribution >= 4 is 44.0 Å². The monoisotopic (exact) mass is 963 g/mol. The molecule has 17 heteroatoms. The molecule has 0 bridgehead atoms. The van der Waals surface area contributed by atoms with Crippen LogP contribution in [0.3, 0.4) is 0 Å². The summed E-state index contributed by atoms with van der Waals surface area (Å²) >= 11 is 0. The first-order chi connectivity index (χ1) is 33.0. The fourth-order valence-corrected chi connectivity index (χ4v) is 12.9. The Balaban J connectivity index is 0.883. The number of H-pyrrole nitrogens is 1. The lowest BCUT2D eigenvalue weighted by Crippen LogP contribution is -2.54. The lowest BCUT2D eigenvalue weighted by atomic mass is 9.59. The van der Waals surface area contributed by atoms with E-state index < -0.39 is 42.9 Å². The summed E-state index contributed by atoms with van der Waals surface area (Å²) in [5.74, 6) is -0.772. The summed E-state index contributed by atoms with van der Waals surface area (Å²) in [7, 11) is -4.72. The molecule has 366 valence electrons. The Morgan fingerprint density at radius 1 is 1.04 bits per heavy atom. The lowest BCUT2D eigenvalue weighted by Gasteiger charge is -2.56. The number of pyridine rings is 1. The maximum Gasteiger partial charge on any atom is 0.297 e. The van der Waals surface area contributed by atoms with E-state index in [-0.39, 0.29) is 57.9 Å². The van der Waals surface area contributed by atoms with E-state index in [0.717, 1.165) is 57.1 Å². The molecule has 4 fully saturated rings. The van der Waals surface area contributed by atoms with Crippen LogP contribution < -0.4 is 24.4 Å². The van der Waals surface area contributed by atoms with Crippen molar-refractivity contribution in [3.8, 4) is 17.2 Å². The fourth-order valence-electron chi connectivity index (χ4n) is 11.9. The number of amides is 1. The molecule has 15 nitrogen and oxygen atoms in total. The van der Waals surface area contributed by atoms with Gasteiger partial charge in [0.05, 0.1) is 38.1 Å². The Hall–Kier alpha value is -5.78. The summed E-state index contributed by atoms with van der Waals surface area (Å²) in [6.45, 7) is 11.1. The van der Waals surface area contributed by atoms with Gasteiger partial charge in [-0.2, -0.15) is 0 Å². The third kappa shape index (κ3) is 9.13. The number of sulfonamides is 1. The molecule has 2 aliphatic carbocycles. The molecule has 2 saturated heterocycles. The van der Waals surface area contributed by atoms with Crippen LogP contribution in [0.25, 0.3) is 11.0 Å². The van der Waals surface area contributed by atoms with E-state index in [1.165, 1.54) is 48.4 Å². The molecule has 4 N–H and O–H groups in total. The molecular formula is C52H62FN7O8S.